The molecule has 1 spiro atoms. The van der Waals surface area contributed by atoms with Gasteiger partial charge in [-0.2, -0.15) is 0 Å². The number of halogens is 2. The first-order valence-corrected chi connectivity index (χ1v) is 30.0. The number of aliphatic hydroxyl groups excluding tert-OH is 6. The van der Waals surface area contributed by atoms with E-state index in [2.05, 4.69) is 32.9 Å². The summed E-state index contributed by atoms with van der Waals surface area (Å²) in [4.78, 5) is 0. The Kier molecular flexibility index (Phi) is 25.4. The molecule has 9 saturated heterocycles. The molecule has 481 valence electrons. The van der Waals surface area contributed by atoms with Crippen molar-refractivity contribution in [3.8, 4) is 0 Å². The second-order valence-corrected chi connectivity index (χ2v) is 25.9. The summed E-state index contributed by atoms with van der Waals surface area (Å²) in [5, 5.41) is 65.9. The summed E-state index contributed by atoms with van der Waals surface area (Å²) in [6.07, 6.45) is 10.5. The Balaban J connectivity index is 0.00000184. The Morgan fingerprint density at radius 2 is 1.15 bits per heavy atom. The Labute approximate surface area is 567 Å². The zero-order valence-corrected chi connectivity index (χ0v) is 54.0. The molecule has 0 aromatic carbocycles. The molecule has 13 aliphatic heterocycles. The number of hydrogen-bond donors (Lipinski definition) is 6. The molecule has 13 rings (SSSR count). The van der Waals surface area contributed by atoms with Crippen LogP contribution in [0.25, 0.3) is 0 Å². The van der Waals surface area contributed by atoms with E-state index in [1.807, 2.05) is 50.3 Å². The minimum atomic E-state index is -1.04. The van der Waals surface area contributed by atoms with E-state index >= 15 is 0 Å². The van der Waals surface area contributed by atoms with Crippen LogP contribution in [0.1, 0.15) is 118 Å². The first-order valence-electron chi connectivity index (χ1n) is 30.0. The van der Waals surface area contributed by atoms with Gasteiger partial charge in [0.15, 0.2) is 5.79 Å². The van der Waals surface area contributed by atoms with Crippen LogP contribution in [-0.2, 0) is 61.6 Å². The molecule has 19 nitrogen and oxygen atoms in total. The van der Waals surface area contributed by atoms with E-state index < -0.39 is 134 Å². The number of rotatable bonds is 3. The molecule has 0 aromatic rings. The molecular formula is C62H101BFIKO19. The second kappa shape index (κ2) is 29.7. The van der Waals surface area contributed by atoms with Crippen molar-refractivity contribution in [2.75, 3.05) is 13.2 Å². The third kappa shape index (κ3) is 14.1. The van der Waals surface area contributed by atoms with Crippen molar-refractivity contribution in [3.63, 3.8) is 0 Å². The van der Waals surface area contributed by atoms with E-state index in [9.17, 15) is 30.6 Å². The van der Waals surface area contributed by atoms with Gasteiger partial charge < -0.3 is 93.6 Å². The van der Waals surface area contributed by atoms with Gasteiger partial charge >= 0.3 is 51.4 Å². The zero-order chi connectivity index (χ0) is 54.6. The van der Waals surface area contributed by atoms with Gasteiger partial charge in [0.05, 0.1) is 129 Å². The average molecular weight is 1350 g/mol. The van der Waals surface area contributed by atoms with Crippen LogP contribution in [0.5, 0.6) is 0 Å². The molecule has 23 heteroatoms. The molecule has 0 aliphatic carbocycles. The predicted molar refractivity (Wildman–Crippen MR) is 322 cm³/mol. The summed E-state index contributed by atoms with van der Waals surface area (Å²) >= 11 is 0. The molecule has 6 N–H and O–H groups in total. The number of fused-ring (bicyclic) bond motifs is 11. The van der Waals surface area contributed by atoms with Crippen LogP contribution in [0.2, 0.25) is 0 Å². The number of ether oxygens (including phenoxy) is 13. The van der Waals surface area contributed by atoms with Crippen molar-refractivity contribution in [1.29, 1.82) is 0 Å². The summed E-state index contributed by atoms with van der Waals surface area (Å²) in [5.41, 5.74) is -1.04. The van der Waals surface area contributed by atoms with Crippen molar-refractivity contribution in [2.24, 2.45) is 23.7 Å². The monoisotopic (exact) mass is 1350 g/mol. The largest absolute Gasteiger partial charge is 1.00 e. The van der Waals surface area contributed by atoms with Crippen LogP contribution >= 0.6 is 24.0 Å². The fourth-order valence-corrected chi connectivity index (χ4v) is 15.9. The van der Waals surface area contributed by atoms with Crippen molar-refractivity contribution >= 4 is 32.4 Å². The van der Waals surface area contributed by atoms with Gasteiger partial charge in [-0.3, -0.25) is 4.70 Å². The maximum atomic E-state index is 12.4. The van der Waals surface area contributed by atoms with Gasteiger partial charge in [-0.25, -0.2) is 0 Å². The van der Waals surface area contributed by atoms with Crippen LogP contribution < -0.4 is 51.4 Å². The normalized spacial score (nSPS) is 52.8. The van der Waals surface area contributed by atoms with Crippen molar-refractivity contribution in [1.82, 2.24) is 0 Å². The number of aliphatic hydroxyl groups is 6. The topological polar surface area (TPSA) is 241 Å². The van der Waals surface area contributed by atoms with E-state index in [0.29, 0.717) is 57.8 Å². The molecule has 3 radical (unpaired) electrons. The Hall–Kier alpha value is 0.301. The van der Waals surface area contributed by atoms with Crippen molar-refractivity contribution in [3.05, 3.63) is 60.8 Å². The molecule has 0 aromatic heterocycles. The minimum Gasteiger partial charge on any atom is -1.00 e. The Morgan fingerprint density at radius 1 is 0.576 bits per heavy atom. The van der Waals surface area contributed by atoms with Crippen molar-refractivity contribution in [2.45, 2.75) is 290 Å². The Bertz CT molecular complexity index is 2350. The smallest absolute Gasteiger partial charge is 1.00 e. The number of hydrogen-bond acceptors (Lipinski definition) is 19. The van der Waals surface area contributed by atoms with Gasteiger partial charge in [0.2, 0.25) is 0 Å². The SMILES string of the molecule is C.C.C[C@@H]1C[C@@H]2O[C@@H]3[C@@H](C)[C@H](O)[C@@H]4OC5(C[C@H](O)CO5)[C@@H](C)[C@H](C)[C@H]4O[C@H]3C[C@H]2O[C@H]2C[C@H]3O[C@H]4C/C=C\C[C@H]5O[C@H]6C=C[C@H]7O[C@H]8[C@H](O)[C@H]9O[C@@H](/C=C/[C@H](O)CO)C=CC[C@@H]9O[C@@H]8C[C@@H]7O[C@@H]6C=C[C@@H]5O[C@@H]4C[C@@H](O)[C@]3(C)O[C@@H]2C1.F.I.[2HH].[B].[H-].[HH].[K+]. The van der Waals surface area contributed by atoms with Gasteiger partial charge in [-0.05, 0) is 50.9 Å². The molecule has 13 aliphatic rings. The van der Waals surface area contributed by atoms with Crippen molar-refractivity contribution < 1.29 is 153 Å². The third-order valence-electron chi connectivity index (χ3n) is 20.6. The molecular weight excluding hydrogens is 1240 g/mol. The van der Waals surface area contributed by atoms with Gasteiger partial charge in [-0.1, -0.05) is 103 Å². The molecule has 0 bridgehead atoms. The van der Waals surface area contributed by atoms with E-state index in [0.717, 1.165) is 6.42 Å². The zero-order valence-electron chi connectivity index (χ0n) is 49.5. The van der Waals surface area contributed by atoms with Gasteiger partial charge in [0, 0.05) is 55.2 Å². The molecule has 0 amide bonds. The summed E-state index contributed by atoms with van der Waals surface area (Å²) in [6.45, 7) is 10.3. The van der Waals surface area contributed by atoms with Crippen LogP contribution in [0.3, 0.4) is 0 Å². The maximum absolute atomic E-state index is 12.4. The van der Waals surface area contributed by atoms with Gasteiger partial charge in [-0.15, -0.1) is 24.0 Å². The van der Waals surface area contributed by atoms with Gasteiger partial charge in [0.1, 0.15) is 54.4 Å². The third-order valence-corrected chi connectivity index (χ3v) is 20.6. The quantitative estimate of drug-likeness (QED) is 0.135. The second-order valence-electron chi connectivity index (χ2n) is 25.9. The fraction of sp³-hybridized carbons (Fsp3) is 0.839. The molecule has 13 heterocycles. The standard InChI is InChI=1S/C60H86O19.2CH4.B.FH.HI.K.2H2.H/c1-28-19-42-44(22-48-54(76-42)30(3)52(65)58-55(77-48)29(2)31(4)60(79-58)25-33(63)27-67-60)73-46-24-51-59(5,78-47(46)20-28)50(64)23-45-36(74-51)11-7-6-10-35-37(71-45)15-16-39-38(69-35)17-18-40-43(70-39)21-49-57(75-40)53(66)56-41(72-49)12-8-9-34(68-56)14-13-32(62)26-61;;;;;;;;;/h6-9,13-18,28-58,61-66H,10-12,19-27H2,1-5H3;2*1H4;;2*1H;;2*1H;/q;;;;;;+1;;;-1/b7-6-,14-13+;;;;;;;;;/t28-,29+,30+,31+,32+,33+,34-,35-,36+,37+,38+,39-,40-,41+,42+,43+,44-,45-,46+,47-,48+,49-,50-,51-,52+,53-,54-,55-,56+,57-,58+,59+,60?;;;;;;;;;/m1........./s1/i;;;;;;;1+1;;. The van der Waals surface area contributed by atoms with Crippen LogP contribution in [0.15, 0.2) is 60.8 Å². The van der Waals surface area contributed by atoms with Crippen LogP contribution in [0.4, 0.5) is 4.70 Å². The summed E-state index contributed by atoms with van der Waals surface area (Å²) in [7, 11) is 0. The average Bonchev–Trinajstić information content (AvgIpc) is 1.48. The first kappa shape index (κ1) is 72.7. The van der Waals surface area contributed by atoms with Crippen LogP contribution in [-0.4, -0.2) is 228 Å². The fourth-order valence-electron chi connectivity index (χ4n) is 15.9. The summed E-state index contributed by atoms with van der Waals surface area (Å²) in [6, 6.07) is 0. The van der Waals surface area contributed by atoms with Crippen LogP contribution in [0, 0.1) is 23.7 Å². The summed E-state index contributed by atoms with van der Waals surface area (Å²) < 4.78 is 89.0. The van der Waals surface area contributed by atoms with E-state index in [-0.39, 0.29) is 187 Å². The maximum Gasteiger partial charge on any atom is 1.00 e. The summed E-state index contributed by atoms with van der Waals surface area (Å²) in [5.74, 6) is -1.19. The van der Waals surface area contributed by atoms with Gasteiger partial charge in [0.25, 0.3) is 0 Å². The van der Waals surface area contributed by atoms with E-state index in [4.69, 9.17) is 61.6 Å². The van der Waals surface area contributed by atoms with E-state index in [1.54, 1.807) is 6.08 Å². The molecule has 33 atom stereocenters. The predicted octanol–water partition coefficient (Wildman–Crippen LogP) is 2.24. The molecule has 0 saturated carbocycles. The molecule has 85 heavy (non-hydrogen) atoms. The molecule has 1 unspecified atom stereocenters. The Morgan fingerprint density at radius 3 is 1.87 bits per heavy atom. The minimum absolute atomic E-state index is 0. The first-order chi connectivity index (χ1) is 38.0. The van der Waals surface area contributed by atoms with E-state index in [1.165, 1.54) is 6.08 Å². The molecule has 9 fully saturated rings.